The van der Waals surface area contributed by atoms with E-state index in [9.17, 15) is 4.79 Å². The summed E-state index contributed by atoms with van der Waals surface area (Å²) in [6, 6.07) is 7.80. The average Bonchev–Trinajstić information content (AvgIpc) is 3.22. The number of Topliss-reactive ketones (excluding diaryl/α,β-unsaturated/α-hetero) is 1. The van der Waals surface area contributed by atoms with E-state index in [1.54, 1.807) is 0 Å². The number of rotatable bonds is 11. The molecule has 1 aliphatic heterocycles. The highest BCUT2D eigenvalue weighted by molar-refractivity contribution is 5.97. The molecule has 6 heteroatoms. The van der Waals surface area contributed by atoms with E-state index in [2.05, 4.69) is 36.2 Å². The molecule has 1 fully saturated rings. The summed E-state index contributed by atoms with van der Waals surface area (Å²) in [4.78, 5) is 15.1. The normalized spacial score (nSPS) is 16.6. The van der Waals surface area contributed by atoms with Crippen LogP contribution in [0, 0.1) is 0 Å². The maximum absolute atomic E-state index is 12.8. The van der Waals surface area contributed by atoms with Gasteiger partial charge in [0.2, 0.25) is 5.78 Å². The lowest BCUT2D eigenvalue weighted by atomic mass is 10.1. The maximum Gasteiger partial charge on any atom is 0.216 e. The molecule has 30 heavy (non-hydrogen) atoms. The molecule has 0 atom stereocenters. The Balaban J connectivity index is 1.50. The van der Waals surface area contributed by atoms with Crippen molar-refractivity contribution in [3.8, 4) is 5.69 Å². The largest absolute Gasteiger partial charge is 0.317 e. The molecule has 0 spiro atoms. The van der Waals surface area contributed by atoms with Gasteiger partial charge in [-0.15, -0.1) is 5.10 Å². The number of hydrogen-bond acceptors (Lipinski definition) is 4. The number of benzene rings is 1. The molecule has 1 aliphatic rings. The molecule has 0 radical (unpaired) electrons. The Morgan fingerprint density at radius 2 is 1.70 bits per heavy atom. The van der Waals surface area contributed by atoms with Crippen LogP contribution in [-0.2, 0) is 6.42 Å². The van der Waals surface area contributed by atoms with Gasteiger partial charge in [-0.05, 0) is 44.2 Å². The van der Waals surface area contributed by atoms with Crippen LogP contribution in [0.25, 0.3) is 5.69 Å². The highest BCUT2D eigenvalue weighted by Gasteiger charge is 2.30. The summed E-state index contributed by atoms with van der Waals surface area (Å²) in [6.45, 7) is 6.97. The highest BCUT2D eigenvalue weighted by atomic mass is 16.1. The lowest BCUT2D eigenvalue weighted by molar-refractivity contribution is -0.905. The van der Waals surface area contributed by atoms with Crippen molar-refractivity contribution < 1.29 is 9.28 Å². The van der Waals surface area contributed by atoms with Crippen molar-refractivity contribution in [2.75, 3.05) is 46.8 Å². The first-order valence-electron chi connectivity index (χ1n) is 11.6. The van der Waals surface area contributed by atoms with Crippen LogP contribution in [0.15, 0.2) is 30.5 Å². The standard InChI is InChI=1S/C24H38N5O/c1-4-5-6-7-8-9-10-22-19-28(26-25-22)23-13-11-21(12-14-23)24(30)20-29(3)17-15-27(2)16-18-29/h11-14,19H,4-10,15-18,20H2,1-3H3/q+1. The molecule has 6 nitrogen and oxygen atoms in total. The van der Waals surface area contributed by atoms with Gasteiger partial charge in [-0.2, -0.15) is 0 Å². The third-order valence-corrected chi connectivity index (χ3v) is 6.35. The Kier molecular flexibility index (Phi) is 8.16. The number of piperazine rings is 1. The second kappa shape index (κ2) is 10.8. The lowest BCUT2D eigenvalue weighted by Gasteiger charge is -2.40. The minimum Gasteiger partial charge on any atom is -0.317 e. The number of hydrogen-bond donors (Lipinski definition) is 0. The third-order valence-electron chi connectivity index (χ3n) is 6.35. The number of unbranched alkanes of at least 4 members (excludes halogenated alkanes) is 5. The number of likely N-dealkylation sites (N-methyl/N-ethyl adjacent to an activating group) is 2. The SMILES string of the molecule is CCCCCCCCc1cn(-c2ccc(C(=O)C[N+]3(C)CCN(C)CC3)cc2)nn1. The molecule has 164 valence electrons. The van der Waals surface area contributed by atoms with Gasteiger partial charge in [0.1, 0.15) is 6.54 Å². The van der Waals surface area contributed by atoms with Crippen molar-refractivity contribution in [1.82, 2.24) is 19.9 Å². The fourth-order valence-corrected chi connectivity index (χ4v) is 4.07. The zero-order valence-corrected chi connectivity index (χ0v) is 19.0. The Labute approximate surface area is 181 Å². The van der Waals surface area contributed by atoms with Gasteiger partial charge in [0.15, 0.2) is 0 Å². The van der Waals surface area contributed by atoms with Crippen molar-refractivity contribution in [3.63, 3.8) is 0 Å². The zero-order chi connectivity index (χ0) is 21.4. The van der Waals surface area contributed by atoms with Crippen LogP contribution in [0.3, 0.4) is 0 Å². The molecular weight excluding hydrogens is 374 g/mol. The summed E-state index contributed by atoms with van der Waals surface area (Å²) in [7, 11) is 4.34. The summed E-state index contributed by atoms with van der Waals surface area (Å²) < 4.78 is 2.64. The number of aryl methyl sites for hydroxylation is 1. The number of carbonyl (C=O) groups is 1. The molecule has 0 saturated carbocycles. The molecule has 2 heterocycles. The Hall–Kier alpha value is -2.05. The Morgan fingerprint density at radius 1 is 1.03 bits per heavy atom. The molecular formula is C24H38N5O+. The minimum absolute atomic E-state index is 0.218. The van der Waals surface area contributed by atoms with E-state index in [0.717, 1.165) is 54.0 Å². The van der Waals surface area contributed by atoms with Gasteiger partial charge in [0.25, 0.3) is 0 Å². The molecule has 0 unspecified atom stereocenters. The van der Waals surface area contributed by atoms with Gasteiger partial charge in [0, 0.05) is 18.7 Å². The predicted molar refractivity (Wildman–Crippen MR) is 121 cm³/mol. The molecule has 0 bridgehead atoms. The van der Waals surface area contributed by atoms with Crippen LogP contribution in [0.2, 0.25) is 0 Å². The zero-order valence-electron chi connectivity index (χ0n) is 19.0. The smallest absolute Gasteiger partial charge is 0.216 e. The number of quaternary nitrogens is 1. The number of ketones is 1. The van der Waals surface area contributed by atoms with Gasteiger partial charge in [0.05, 0.1) is 37.7 Å². The van der Waals surface area contributed by atoms with Crippen LogP contribution in [0.5, 0.6) is 0 Å². The molecule has 3 rings (SSSR count). The molecule has 0 N–H and O–H groups in total. The van der Waals surface area contributed by atoms with E-state index in [4.69, 9.17) is 0 Å². The van der Waals surface area contributed by atoms with Crippen LogP contribution in [0.4, 0.5) is 0 Å². The molecule has 2 aromatic rings. The predicted octanol–water partition coefficient (Wildman–Crippen LogP) is 3.75. The fraction of sp³-hybridized carbons (Fsp3) is 0.625. The first-order valence-corrected chi connectivity index (χ1v) is 11.6. The summed E-state index contributed by atoms with van der Waals surface area (Å²) in [5.41, 5.74) is 2.77. The second-order valence-electron chi connectivity index (χ2n) is 9.17. The second-order valence-corrected chi connectivity index (χ2v) is 9.17. The van der Waals surface area contributed by atoms with Gasteiger partial charge in [-0.1, -0.05) is 44.2 Å². The number of aromatic nitrogens is 3. The molecule has 1 aromatic heterocycles. The van der Waals surface area contributed by atoms with Gasteiger partial charge in [-0.3, -0.25) is 9.69 Å². The minimum atomic E-state index is 0.218. The maximum atomic E-state index is 12.8. The summed E-state index contributed by atoms with van der Waals surface area (Å²) in [5, 5.41) is 8.59. The number of nitrogens with zero attached hydrogens (tertiary/aromatic N) is 5. The van der Waals surface area contributed by atoms with E-state index in [-0.39, 0.29) is 5.78 Å². The average molecular weight is 413 g/mol. The van der Waals surface area contributed by atoms with E-state index in [1.807, 2.05) is 35.1 Å². The van der Waals surface area contributed by atoms with Crippen molar-refractivity contribution in [3.05, 3.63) is 41.7 Å². The van der Waals surface area contributed by atoms with Gasteiger partial charge in [-0.25, -0.2) is 4.68 Å². The van der Waals surface area contributed by atoms with Crippen molar-refractivity contribution in [2.45, 2.75) is 51.9 Å². The van der Waals surface area contributed by atoms with Crippen molar-refractivity contribution in [2.24, 2.45) is 0 Å². The highest BCUT2D eigenvalue weighted by Crippen LogP contribution is 2.15. The monoisotopic (exact) mass is 412 g/mol. The lowest BCUT2D eigenvalue weighted by Crippen LogP contribution is -2.58. The molecule has 0 aliphatic carbocycles. The molecule has 0 amide bonds. The van der Waals surface area contributed by atoms with E-state index >= 15 is 0 Å². The van der Waals surface area contributed by atoms with E-state index in [0.29, 0.717) is 6.54 Å². The van der Waals surface area contributed by atoms with E-state index in [1.165, 1.54) is 38.5 Å². The first-order chi connectivity index (χ1) is 14.5. The van der Waals surface area contributed by atoms with Crippen LogP contribution in [-0.4, -0.2) is 77.0 Å². The van der Waals surface area contributed by atoms with Crippen LogP contribution in [0.1, 0.15) is 61.5 Å². The summed E-state index contributed by atoms with van der Waals surface area (Å²) in [5.74, 6) is 0.218. The summed E-state index contributed by atoms with van der Waals surface area (Å²) in [6.07, 6.45) is 10.7. The summed E-state index contributed by atoms with van der Waals surface area (Å²) >= 11 is 0. The Bertz CT molecular complexity index is 790. The fourth-order valence-electron chi connectivity index (χ4n) is 4.07. The quantitative estimate of drug-likeness (QED) is 0.320. The topological polar surface area (TPSA) is 51.0 Å². The first kappa shape index (κ1) is 22.6. The number of carbonyl (C=O) groups excluding carboxylic acids is 1. The van der Waals surface area contributed by atoms with Crippen molar-refractivity contribution in [1.29, 1.82) is 0 Å². The van der Waals surface area contributed by atoms with E-state index < -0.39 is 0 Å². The van der Waals surface area contributed by atoms with Gasteiger partial charge < -0.3 is 4.48 Å². The van der Waals surface area contributed by atoms with Gasteiger partial charge >= 0.3 is 0 Å². The molecule has 1 aromatic carbocycles. The third kappa shape index (κ3) is 6.47. The Morgan fingerprint density at radius 3 is 2.40 bits per heavy atom. The van der Waals surface area contributed by atoms with Crippen LogP contribution < -0.4 is 0 Å². The molecule has 1 saturated heterocycles. The van der Waals surface area contributed by atoms with Crippen molar-refractivity contribution >= 4 is 5.78 Å². The van der Waals surface area contributed by atoms with Crippen LogP contribution >= 0.6 is 0 Å².